The molecule has 1 aromatic carbocycles. The highest BCUT2D eigenvalue weighted by molar-refractivity contribution is 5.74. The molecule has 0 bridgehead atoms. The number of aromatic nitrogens is 2. The van der Waals surface area contributed by atoms with Gasteiger partial charge in [-0.1, -0.05) is 24.2 Å². The number of nitrogens with one attached hydrogen (secondary N) is 1. The molecule has 1 aliphatic heterocycles. The zero-order valence-electron chi connectivity index (χ0n) is 14.5. The van der Waals surface area contributed by atoms with Gasteiger partial charge in [0.2, 0.25) is 11.7 Å². The van der Waals surface area contributed by atoms with Crippen molar-refractivity contribution in [3.05, 3.63) is 36.0 Å². The SMILES string of the molecule is CC[C@@H](C)NC(=O)N1CCC[C@@H](c2nc(-c3cccc(F)c3)no2)C1. The molecule has 0 unspecified atom stereocenters. The van der Waals surface area contributed by atoms with E-state index in [0.717, 1.165) is 25.8 Å². The van der Waals surface area contributed by atoms with Gasteiger partial charge >= 0.3 is 6.03 Å². The van der Waals surface area contributed by atoms with Gasteiger partial charge in [0.05, 0.1) is 5.92 Å². The molecule has 0 spiro atoms. The molecule has 2 aromatic rings. The van der Waals surface area contributed by atoms with E-state index >= 15 is 0 Å². The van der Waals surface area contributed by atoms with E-state index in [1.165, 1.54) is 12.1 Å². The standard InChI is InChI=1S/C18H23FN4O2/c1-3-12(2)20-18(24)23-9-5-7-14(11-23)17-21-16(22-25-17)13-6-4-8-15(19)10-13/h4,6,8,10,12,14H,3,5,7,9,11H2,1-2H3,(H,20,24)/t12-,14-/m1/s1. The van der Waals surface area contributed by atoms with Crippen LogP contribution in [0, 0.1) is 5.82 Å². The highest BCUT2D eigenvalue weighted by atomic mass is 19.1. The van der Waals surface area contributed by atoms with Gasteiger partial charge in [-0.3, -0.25) is 0 Å². The van der Waals surface area contributed by atoms with Crippen molar-refractivity contribution >= 4 is 6.03 Å². The lowest BCUT2D eigenvalue weighted by Crippen LogP contribution is -2.47. The van der Waals surface area contributed by atoms with Crippen LogP contribution in [0.25, 0.3) is 11.4 Å². The Hall–Kier alpha value is -2.44. The van der Waals surface area contributed by atoms with E-state index in [9.17, 15) is 9.18 Å². The number of piperidine rings is 1. The quantitative estimate of drug-likeness (QED) is 0.919. The van der Waals surface area contributed by atoms with E-state index in [-0.39, 0.29) is 23.8 Å². The number of halogens is 1. The molecule has 1 aliphatic rings. The van der Waals surface area contributed by atoms with E-state index < -0.39 is 0 Å². The Morgan fingerprint density at radius 1 is 1.52 bits per heavy atom. The lowest BCUT2D eigenvalue weighted by Gasteiger charge is -2.31. The van der Waals surface area contributed by atoms with Gasteiger partial charge < -0.3 is 14.7 Å². The summed E-state index contributed by atoms with van der Waals surface area (Å²) in [6.45, 7) is 5.30. The van der Waals surface area contributed by atoms with Crippen LogP contribution in [0.1, 0.15) is 44.9 Å². The monoisotopic (exact) mass is 346 g/mol. The summed E-state index contributed by atoms with van der Waals surface area (Å²) in [5.41, 5.74) is 0.581. The van der Waals surface area contributed by atoms with Crippen molar-refractivity contribution in [3.8, 4) is 11.4 Å². The van der Waals surface area contributed by atoms with E-state index in [1.54, 1.807) is 17.0 Å². The average molecular weight is 346 g/mol. The van der Waals surface area contributed by atoms with E-state index in [2.05, 4.69) is 15.5 Å². The fraction of sp³-hybridized carbons (Fsp3) is 0.500. The molecule has 0 saturated carbocycles. The lowest BCUT2D eigenvalue weighted by atomic mass is 9.98. The number of carbonyl (C=O) groups excluding carboxylic acids is 1. The van der Waals surface area contributed by atoms with Crippen LogP contribution in [0.4, 0.5) is 9.18 Å². The Bertz CT molecular complexity index is 733. The van der Waals surface area contributed by atoms with Crippen LogP contribution in [0.5, 0.6) is 0 Å². The van der Waals surface area contributed by atoms with Crippen molar-refractivity contribution in [2.45, 2.75) is 45.1 Å². The van der Waals surface area contributed by atoms with Gasteiger partial charge in [-0.25, -0.2) is 9.18 Å². The molecule has 3 rings (SSSR count). The fourth-order valence-electron chi connectivity index (χ4n) is 2.91. The van der Waals surface area contributed by atoms with Gasteiger partial charge in [-0.15, -0.1) is 0 Å². The second-order valence-corrected chi connectivity index (χ2v) is 6.51. The summed E-state index contributed by atoms with van der Waals surface area (Å²) < 4.78 is 18.7. The van der Waals surface area contributed by atoms with Crippen LogP contribution in [0.2, 0.25) is 0 Å². The first-order valence-corrected chi connectivity index (χ1v) is 8.71. The Morgan fingerprint density at radius 2 is 2.36 bits per heavy atom. The number of urea groups is 1. The molecule has 134 valence electrons. The van der Waals surface area contributed by atoms with Gasteiger partial charge in [0.15, 0.2) is 0 Å². The Balaban J connectivity index is 1.69. The predicted octanol–water partition coefficient (Wildman–Crippen LogP) is 3.56. The minimum Gasteiger partial charge on any atom is -0.339 e. The van der Waals surface area contributed by atoms with Crippen LogP contribution in [0.15, 0.2) is 28.8 Å². The van der Waals surface area contributed by atoms with Crippen LogP contribution in [0.3, 0.4) is 0 Å². The molecule has 6 nitrogen and oxygen atoms in total. The largest absolute Gasteiger partial charge is 0.339 e. The van der Waals surface area contributed by atoms with Crippen molar-refractivity contribution in [1.29, 1.82) is 0 Å². The minimum atomic E-state index is -0.339. The topological polar surface area (TPSA) is 71.3 Å². The summed E-state index contributed by atoms with van der Waals surface area (Å²) in [4.78, 5) is 18.5. The molecule has 0 aliphatic carbocycles. The van der Waals surface area contributed by atoms with Crippen LogP contribution < -0.4 is 5.32 Å². The normalized spacial score (nSPS) is 18.8. The molecule has 1 N–H and O–H groups in total. The first kappa shape index (κ1) is 17.4. The van der Waals surface area contributed by atoms with Gasteiger partial charge in [0.25, 0.3) is 0 Å². The number of benzene rings is 1. The molecule has 2 amide bonds. The number of likely N-dealkylation sites (tertiary alicyclic amines) is 1. The fourth-order valence-corrected chi connectivity index (χ4v) is 2.91. The highest BCUT2D eigenvalue weighted by Gasteiger charge is 2.29. The molecule has 2 heterocycles. The number of nitrogens with zero attached hydrogens (tertiary/aromatic N) is 3. The highest BCUT2D eigenvalue weighted by Crippen LogP contribution is 2.27. The number of carbonyl (C=O) groups is 1. The molecule has 1 saturated heterocycles. The smallest absolute Gasteiger partial charge is 0.317 e. The Labute approximate surface area is 146 Å². The lowest BCUT2D eigenvalue weighted by molar-refractivity contribution is 0.169. The summed E-state index contributed by atoms with van der Waals surface area (Å²) in [6.07, 6.45) is 2.66. The maximum absolute atomic E-state index is 13.4. The Kier molecular flexibility index (Phi) is 5.31. The first-order chi connectivity index (χ1) is 12.1. The zero-order chi connectivity index (χ0) is 17.8. The second kappa shape index (κ2) is 7.63. The van der Waals surface area contributed by atoms with Crippen molar-refractivity contribution in [3.63, 3.8) is 0 Å². The molecule has 1 fully saturated rings. The van der Waals surface area contributed by atoms with Crippen molar-refractivity contribution in [2.75, 3.05) is 13.1 Å². The molecule has 25 heavy (non-hydrogen) atoms. The summed E-state index contributed by atoms with van der Waals surface area (Å²) in [5, 5.41) is 6.95. The van der Waals surface area contributed by atoms with Crippen LogP contribution >= 0.6 is 0 Å². The molecule has 7 heteroatoms. The second-order valence-electron chi connectivity index (χ2n) is 6.51. The average Bonchev–Trinajstić information content (AvgIpc) is 3.12. The summed E-state index contributed by atoms with van der Waals surface area (Å²) in [6, 6.07) is 6.20. The molecule has 0 radical (unpaired) electrons. The Morgan fingerprint density at radius 3 is 3.12 bits per heavy atom. The van der Waals surface area contributed by atoms with E-state index in [0.29, 0.717) is 23.8 Å². The van der Waals surface area contributed by atoms with E-state index in [1.807, 2.05) is 13.8 Å². The van der Waals surface area contributed by atoms with Gasteiger partial charge in [-0.2, -0.15) is 4.98 Å². The maximum atomic E-state index is 13.4. The summed E-state index contributed by atoms with van der Waals surface area (Å²) in [7, 11) is 0. The molecular weight excluding hydrogens is 323 g/mol. The van der Waals surface area contributed by atoms with Crippen LogP contribution in [-0.2, 0) is 0 Å². The summed E-state index contributed by atoms with van der Waals surface area (Å²) in [5.74, 6) is 0.539. The third kappa shape index (κ3) is 4.15. The third-order valence-corrected chi connectivity index (χ3v) is 4.56. The van der Waals surface area contributed by atoms with Gasteiger partial charge in [-0.05, 0) is 38.3 Å². The summed E-state index contributed by atoms with van der Waals surface area (Å²) >= 11 is 0. The van der Waals surface area contributed by atoms with E-state index in [4.69, 9.17) is 4.52 Å². The van der Waals surface area contributed by atoms with Crippen molar-refractivity contribution in [2.24, 2.45) is 0 Å². The van der Waals surface area contributed by atoms with Crippen molar-refractivity contribution in [1.82, 2.24) is 20.4 Å². The number of amides is 2. The number of rotatable bonds is 4. The van der Waals surface area contributed by atoms with Gasteiger partial charge in [0, 0.05) is 24.7 Å². The van der Waals surface area contributed by atoms with Crippen LogP contribution in [-0.4, -0.2) is 40.2 Å². The molecule has 1 aromatic heterocycles. The molecular formula is C18H23FN4O2. The number of hydrogen-bond acceptors (Lipinski definition) is 4. The van der Waals surface area contributed by atoms with Gasteiger partial charge in [0.1, 0.15) is 5.82 Å². The zero-order valence-corrected chi connectivity index (χ0v) is 14.5. The molecule has 2 atom stereocenters. The third-order valence-electron chi connectivity index (χ3n) is 4.56. The first-order valence-electron chi connectivity index (χ1n) is 8.71. The predicted molar refractivity (Wildman–Crippen MR) is 91.5 cm³/mol. The van der Waals surface area contributed by atoms with Crippen molar-refractivity contribution < 1.29 is 13.7 Å². The maximum Gasteiger partial charge on any atom is 0.317 e. The minimum absolute atomic E-state index is 0.00578. The number of hydrogen-bond donors (Lipinski definition) is 1.